The molecule has 0 atom stereocenters. The molecule has 1 heterocycles. The number of hydrogen-bond acceptors (Lipinski definition) is 3. The topological polar surface area (TPSA) is 42.4 Å². The van der Waals surface area contributed by atoms with Crippen molar-refractivity contribution in [3.63, 3.8) is 0 Å². The number of hydrogen-bond donors (Lipinski definition) is 0. The molecule has 1 aromatic heterocycles. The van der Waals surface area contributed by atoms with Crippen LogP contribution in [0.5, 0.6) is 5.75 Å². The van der Waals surface area contributed by atoms with Crippen LogP contribution in [0.25, 0.3) is 22.2 Å². The summed E-state index contributed by atoms with van der Waals surface area (Å²) in [6.07, 6.45) is 0. The zero-order chi connectivity index (χ0) is 18.7. The van der Waals surface area contributed by atoms with Gasteiger partial charge in [-0.25, -0.2) is 4.98 Å². The van der Waals surface area contributed by atoms with Gasteiger partial charge in [0.1, 0.15) is 5.75 Å². The maximum Gasteiger partial charge on any atom is 0.254 e. The minimum Gasteiger partial charge on any atom is -0.497 e. The second kappa shape index (κ2) is 7.56. The van der Waals surface area contributed by atoms with E-state index in [0.29, 0.717) is 13.1 Å². The second-order valence-corrected chi connectivity index (χ2v) is 6.18. The van der Waals surface area contributed by atoms with Crippen molar-refractivity contribution in [3.05, 3.63) is 59.7 Å². The highest BCUT2D eigenvalue weighted by Crippen LogP contribution is 2.31. The lowest BCUT2D eigenvalue weighted by molar-refractivity contribution is 0.0774. The fourth-order valence-electron chi connectivity index (χ4n) is 3.28. The number of nitrogens with zero attached hydrogens (tertiary/aromatic N) is 2. The van der Waals surface area contributed by atoms with Gasteiger partial charge in [0.15, 0.2) is 0 Å². The summed E-state index contributed by atoms with van der Waals surface area (Å²) < 4.78 is 5.25. The molecule has 0 aliphatic heterocycles. The Hall–Kier alpha value is -2.88. The number of para-hydroxylation sites is 1. The van der Waals surface area contributed by atoms with Gasteiger partial charge < -0.3 is 9.64 Å². The minimum absolute atomic E-state index is 0.0564. The molecular formula is C22H24N2O2. The molecule has 0 bridgehead atoms. The van der Waals surface area contributed by atoms with E-state index in [1.54, 1.807) is 7.11 Å². The molecule has 0 saturated heterocycles. The molecule has 0 aliphatic rings. The zero-order valence-corrected chi connectivity index (χ0v) is 15.7. The summed E-state index contributed by atoms with van der Waals surface area (Å²) in [7, 11) is 1.65. The van der Waals surface area contributed by atoms with Crippen LogP contribution in [-0.2, 0) is 0 Å². The van der Waals surface area contributed by atoms with Crippen LogP contribution in [0.1, 0.15) is 29.8 Å². The molecule has 0 radical (unpaired) electrons. The molecule has 2 aromatic carbocycles. The van der Waals surface area contributed by atoms with Gasteiger partial charge >= 0.3 is 0 Å². The highest BCUT2D eigenvalue weighted by Gasteiger charge is 2.21. The maximum absolute atomic E-state index is 13.2. The van der Waals surface area contributed by atoms with Gasteiger partial charge in [-0.15, -0.1) is 0 Å². The Morgan fingerprint density at radius 1 is 1.04 bits per heavy atom. The number of pyridine rings is 1. The first-order valence-electron chi connectivity index (χ1n) is 8.93. The maximum atomic E-state index is 13.2. The fraction of sp³-hybridized carbons (Fsp3) is 0.273. The van der Waals surface area contributed by atoms with Crippen molar-refractivity contribution < 1.29 is 9.53 Å². The molecule has 134 valence electrons. The molecule has 3 aromatic rings. The average Bonchev–Trinajstić information content (AvgIpc) is 2.68. The standard InChI is InChI=1S/C22H24N2O2/c1-5-24(6-2)22(25)20-15(3)21(16-11-13-17(26-4)14-12-16)23-19-10-8-7-9-18(19)20/h7-14H,5-6H2,1-4H3. The summed E-state index contributed by atoms with van der Waals surface area (Å²) >= 11 is 0. The van der Waals surface area contributed by atoms with Crippen molar-refractivity contribution >= 4 is 16.8 Å². The summed E-state index contributed by atoms with van der Waals surface area (Å²) in [5.74, 6) is 0.854. The van der Waals surface area contributed by atoms with Crippen molar-refractivity contribution in [2.24, 2.45) is 0 Å². The van der Waals surface area contributed by atoms with E-state index >= 15 is 0 Å². The summed E-state index contributed by atoms with van der Waals surface area (Å²) in [4.78, 5) is 19.9. The largest absolute Gasteiger partial charge is 0.497 e. The van der Waals surface area contributed by atoms with E-state index in [1.807, 2.05) is 74.2 Å². The van der Waals surface area contributed by atoms with Crippen LogP contribution in [0.15, 0.2) is 48.5 Å². The molecular weight excluding hydrogens is 324 g/mol. The van der Waals surface area contributed by atoms with Gasteiger partial charge in [0, 0.05) is 24.0 Å². The molecule has 0 aliphatic carbocycles. The Labute approximate surface area is 154 Å². The quantitative estimate of drug-likeness (QED) is 0.671. The Morgan fingerprint density at radius 2 is 1.69 bits per heavy atom. The van der Waals surface area contributed by atoms with Crippen LogP contribution in [0, 0.1) is 6.92 Å². The Balaban J connectivity index is 2.25. The first kappa shape index (κ1) is 17.9. The lowest BCUT2D eigenvalue weighted by Crippen LogP contribution is -2.31. The molecule has 4 nitrogen and oxygen atoms in total. The van der Waals surface area contributed by atoms with E-state index in [1.165, 1.54) is 0 Å². The fourth-order valence-corrected chi connectivity index (χ4v) is 3.28. The van der Waals surface area contributed by atoms with Gasteiger partial charge in [-0.2, -0.15) is 0 Å². The predicted molar refractivity (Wildman–Crippen MR) is 106 cm³/mol. The highest BCUT2D eigenvalue weighted by atomic mass is 16.5. The molecule has 3 rings (SSSR count). The smallest absolute Gasteiger partial charge is 0.254 e. The van der Waals surface area contributed by atoms with Crippen molar-refractivity contribution in [1.82, 2.24) is 9.88 Å². The number of aromatic nitrogens is 1. The van der Waals surface area contributed by atoms with Crippen LogP contribution in [0.4, 0.5) is 0 Å². The third kappa shape index (κ3) is 3.15. The molecule has 0 spiro atoms. The summed E-state index contributed by atoms with van der Waals surface area (Å²) in [6, 6.07) is 15.6. The van der Waals surface area contributed by atoms with Crippen LogP contribution < -0.4 is 4.74 Å². The van der Waals surface area contributed by atoms with Crippen molar-refractivity contribution in [2.45, 2.75) is 20.8 Å². The zero-order valence-electron chi connectivity index (χ0n) is 15.7. The Morgan fingerprint density at radius 3 is 2.31 bits per heavy atom. The number of fused-ring (bicyclic) bond motifs is 1. The number of rotatable bonds is 5. The normalized spacial score (nSPS) is 10.8. The number of amides is 1. The summed E-state index contributed by atoms with van der Waals surface area (Å²) in [5.41, 5.74) is 4.29. The van der Waals surface area contributed by atoms with Gasteiger partial charge in [-0.3, -0.25) is 4.79 Å². The van der Waals surface area contributed by atoms with Crippen LogP contribution >= 0.6 is 0 Å². The molecule has 0 N–H and O–H groups in total. The summed E-state index contributed by atoms with van der Waals surface area (Å²) in [6.45, 7) is 7.36. The predicted octanol–water partition coefficient (Wildman–Crippen LogP) is 4.70. The van der Waals surface area contributed by atoms with Crippen molar-refractivity contribution in [3.8, 4) is 17.0 Å². The van der Waals surface area contributed by atoms with E-state index < -0.39 is 0 Å². The third-order valence-corrected chi connectivity index (χ3v) is 4.76. The summed E-state index contributed by atoms with van der Waals surface area (Å²) in [5, 5.41) is 0.902. The SMILES string of the molecule is CCN(CC)C(=O)c1c(C)c(-c2ccc(OC)cc2)nc2ccccc12. The first-order chi connectivity index (χ1) is 12.6. The minimum atomic E-state index is 0.0564. The van der Waals surface area contributed by atoms with Crippen molar-refractivity contribution in [1.29, 1.82) is 0 Å². The number of ether oxygens (including phenoxy) is 1. The molecule has 4 heteroatoms. The third-order valence-electron chi connectivity index (χ3n) is 4.76. The second-order valence-electron chi connectivity index (χ2n) is 6.18. The van der Waals surface area contributed by atoms with E-state index in [4.69, 9.17) is 9.72 Å². The Kier molecular flexibility index (Phi) is 5.21. The van der Waals surface area contributed by atoms with Crippen molar-refractivity contribution in [2.75, 3.05) is 20.2 Å². The molecule has 26 heavy (non-hydrogen) atoms. The van der Waals surface area contributed by atoms with Gasteiger partial charge in [0.05, 0.1) is 23.9 Å². The lowest BCUT2D eigenvalue weighted by atomic mass is 9.96. The average molecular weight is 348 g/mol. The molecule has 0 saturated carbocycles. The van der Waals surface area contributed by atoms with E-state index in [9.17, 15) is 4.79 Å². The van der Waals surface area contributed by atoms with Crippen LogP contribution in [0.3, 0.4) is 0 Å². The van der Waals surface area contributed by atoms with Gasteiger partial charge in [0.2, 0.25) is 0 Å². The number of benzene rings is 2. The number of methoxy groups -OCH3 is 1. The van der Waals surface area contributed by atoms with Gasteiger partial charge in [0.25, 0.3) is 5.91 Å². The molecule has 1 amide bonds. The van der Waals surface area contributed by atoms with Crippen LogP contribution in [0.2, 0.25) is 0 Å². The Bertz CT molecular complexity index is 929. The molecule has 0 fully saturated rings. The number of carbonyl (C=O) groups excluding carboxylic acids is 1. The highest BCUT2D eigenvalue weighted by molar-refractivity contribution is 6.08. The number of carbonyl (C=O) groups is 1. The van der Waals surface area contributed by atoms with E-state index in [2.05, 4.69) is 0 Å². The van der Waals surface area contributed by atoms with E-state index in [-0.39, 0.29) is 5.91 Å². The molecule has 0 unspecified atom stereocenters. The van der Waals surface area contributed by atoms with Crippen LogP contribution in [-0.4, -0.2) is 36.0 Å². The van der Waals surface area contributed by atoms with Gasteiger partial charge in [-0.1, -0.05) is 18.2 Å². The van der Waals surface area contributed by atoms with Gasteiger partial charge in [-0.05, 0) is 56.7 Å². The first-order valence-corrected chi connectivity index (χ1v) is 8.93. The van der Waals surface area contributed by atoms with E-state index in [0.717, 1.165) is 39.0 Å². The lowest BCUT2D eigenvalue weighted by Gasteiger charge is -2.22. The monoisotopic (exact) mass is 348 g/mol.